The Hall–Kier alpha value is -2.39. The molecule has 0 spiro atoms. The number of methoxy groups -OCH3 is 1. The molecule has 0 saturated carbocycles. The number of hydrogen-bond donors (Lipinski definition) is 1. The van der Waals surface area contributed by atoms with Crippen molar-refractivity contribution in [3.05, 3.63) is 77.0 Å². The van der Waals surface area contributed by atoms with Gasteiger partial charge in [-0.2, -0.15) is 0 Å². The number of allylic oxidation sites excluding steroid dienone is 2. The summed E-state index contributed by atoms with van der Waals surface area (Å²) in [5, 5.41) is 9.09. The lowest BCUT2D eigenvalue weighted by Gasteiger charge is -2.10. The van der Waals surface area contributed by atoms with E-state index < -0.39 is 0 Å². The van der Waals surface area contributed by atoms with Gasteiger partial charge in [-0.05, 0) is 29.5 Å². The second kappa shape index (κ2) is 7.45. The Labute approximate surface area is 142 Å². The Morgan fingerprint density at radius 1 is 1.08 bits per heavy atom. The molecule has 2 aromatic rings. The summed E-state index contributed by atoms with van der Waals surface area (Å²) < 4.78 is 5.50. The lowest BCUT2D eigenvalue weighted by atomic mass is 9.92. The molecule has 1 aliphatic rings. The number of rotatable bonds is 6. The lowest BCUT2D eigenvalue weighted by Crippen LogP contribution is -2.13. The molecule has 0 heterocycles. The van der Waals surface area contributed by atoms with Crippen molar-refractivity contribution in [2.75, 3.05) is 13.7 Å². The quantitative estimate of drug-likeness (QED) is 0.886. The highest BCUT2D eigenvalue weighted by molar-refractivity contribution is 6.24. The second-order valence-electron chi connectivity index (χ2n) is 6.13. The Bertz CT molecular complexity index is 747. The monoisotopic (exact) mass is 322 g/mol. The number of carbonyl (C=O) groups excluding carboxylic acids is 1. The normalized spacial score (nSPS) is 17.4. The molecule has 0 aromatic heterocycles. The molecule has 24 heavy (non-hydrogen) atoms. The molecule has 1 unspecified atom stereocenters. The molecule has 3 heteroatoms. The number of carbonyl (C=O) groups is 1. The summed E-state index contributed by atoms with van der Waals surface area (Å²) in [5.74, 6) is 0.854. The predicted octanol–water partition coefficient (Wildman–Crippen LogP) is 3.41. The fourth-order valence-corrected chi connectivity index (χ4v) is 3.34. The number of Topliss-reactive ketones (excluding diaryl/α,β-unsaturated/α-hetero) is 1. The van der Waals surface area contributed by atoms with E-state index in [0.717, 1.165) is 28.0 Å². The van der Waals surface area contributed by atoms with Gasteiger partial charge in [-0.25, -0.2) is 0 Å². The van der Waals surface area contributed by atoms with Crippen molar-refractivity contribution in [2.45, 2.75) is 19.3 Å². The van der Waals surface area contributed by atoms with Crippen molar-refractivity contribution in [3.63, 3.8) is 0 Å². The largest absolute Gasteiger partial charge is 0.500 e. The zero-order valence-corrected chi connectivity index (χ0v) is 13.9. The maximum atomic E-state index is 12.9. The number of aliphatic hydroxyl groups is 1. The minimum absolute atomic E-state index is 0.0838. The lowest BCUT2D eigenvalue weighted by molar-refractivity contribution is -0.116. The first-order valence-corrected chi connectivity index (χ1v) is 8.28. The van der Waals surface area contributed by atoms with Crippen LogP contribution in [0, 0.1) is 5.92 Å². The van der Waals surface area contributed by atoms with Crippen LogP contribution in [-0.2, 0) is 22.4 Å². The van der Waals surface area contributed by atoms with Crippen molar-refractivity contribution in [1.29, 1.82) is 0 Å². The summed E-state index contributed by atoms with van der Waals surface area (Å²) in [5.41, 5.74) is 3.87. The van der Waals surface area contributed by atoms with Gasteiger partial charge >= 0.3 is 0 Å². The maximum Gasteiger partial charge on any atom is 0.170 e. The van der Waals surface area contributed by atoms with Crippen LogP contribution in [0.15, 0.2) is 60.4 Å². The van der Waals surface area contributed by atoms with E-state index >= 15 is 0 Å². The third-order valence-corrected chi connectivity index (χ3v) is 4.51. The first-order valence-electron chi connectivity index (χ1n) is 8.28. The van der Waals surface area contributed by atoms with E-state index in [1.165, 1.54) is 0 Å². The van der Waals surface area contributed by atoms with Gasteiger partial charge < -0.3 is 9.84 Å². The zero-order chi connectivity index (χ0) is 16.9. The van der Waals surface area contributed by atoms with Crippen LogP contribution >= 0.6 is 0 Å². The summed E-state index contributed by atoms with van der Waals surface area (Å²) in [7, 11) is 1.63. The van der Waals surface area contributed by atoms with Gasteiger partial charge in [0.05, 0.1) is 12.7 Å². The molecule has 1 N–H and O–H groups in total. The highest BCUT2D eigenvalue weighted by Crippen LogP contribution is 2.36. The molecule has 3 nitrogen and oxygen atoms in total. The molecule has 3 rings (SSSR count). The van der Waals surface area contributed by atoms with Gasteiger partial charge in [0, 0.05) is 18.9 Å². The van der Waals surface area contributed by atoms with Crippen LogP contribution in [0.5, 0.6) is 0 Å². The summed E-state index contributed by atoms with van der Waals surface area (Å²) >= 11 is 0. The van der Waals surface area contributed by atoms with Crippen LogP contribution in [0.3, 0.4) is 0 Å². The third kappa shape index (κ3) is 3.41. The van der Waals surface area contributed by atoms with Gasteiger partial charge in [0.25, 0.3) is 0 Å². The molecule has 0 bridgehead atoms. The Balaban J connectivity index is 1.80. The fourth-order valence-electron chi connectivity index (χ4n) is 3.34. The Morgan fingerprint density at radius 3 is 2.54 bits per heavy atom. The molecule has 124 valence electrons. The van der Waals surface area contributed by atoms with Gasteiger partial charge in [0.15, 0.2) is 5.78 Å². The predicted molar refractivity (Wildman–Crippen MR) is 94.4 cm³/mol. The number of benzene rings is 2. The van der Waals surface area contributed by atoms with Crippen LogP contribution in [0.2, 0.25) is 0 Å². The highest BCUT2D eigenvalue weighted by Gasteiger charge is 2.34. The minimum Gasteiger partial charge on any atom is -0.500 e. The van der Waals surface area contributed by atoms with Crippen molar-refractivity contribution < 1.29 is 14.6 Å². The van der Waals surface area contributed by atoms with E-state index in [9.17, 15) is 4.79 Å². The van der Waals surface area contributed by atoms with Crippen LogP contribution in [0.4, 0.5) is 0 Å². The molecule has 1 atom stereocenters. The van der Waals surface area contributed by atoms with Gasteiger partial charge in [0.2, 0.25) is 0 Å². The van der Waals surface area contributed by atoms with E-state index in [1.807, 2.05) is 48.5 Å². The zero-order valence-electron chi connectivity index (χ0n) is 13.9. The van der Waals surface area contributed by atoms with Crippen molar-refractivity contribution >= 4 is 11.4 Å². The molecular weight excluding hydrogens is 300 g/mol. The highest BCUT2D eigenvalue weighted by atomic mass is 16.5. The van der Waals surface area contributed by atoms with Crippen molar-refractivity contribution in [2.24, 2.45) is 5.92 Å². The Kier molecular flexibility index (Phi) is 5.11. The van der Waals surface area contributed by atoms with Crippen LogP contribution < -0.4 is 0 Å². The SMILES string of the molecule is COC1=C(c2ccccc2)C(=O)C(Cc2cccc(CCO)c2)C1. The van der Waals surface area contributed by atoms with Crippen LogP contribution in [0.1, 0.15) is 23.1 Å². The van der Waals surface area contributed by atoms with Crippen LogP contribution in [-0.4, -0.2) is 24.6 Å². The van der Waals surface area contributed by atoms with Crippen molar-refractivity contribution in [1.82, 2.24) is 0 Å². The molecule has 0 saturated heterocycles. The molecular formula is C21H22O3. The van der Waals surface area contributed by atoms with Crippen LogP contribution in [0.25, 0.3) is 5.57 Å². The maximum absolute atomic E-state index is 12.9. The van der Waals surface area contributed by atoms with Crippen molar-refractivity contribution in [3.8, 4) is 0 Å². The van der Waals surface area contributed by atoms with Gasteiger partial charge in [-0.3, -0.25) is 4.79 Å². The first-order chi connectivity index (χ1) is 11.7. The average Bonchev–Trinajstić information content (AvgIpc) is 2.92. The molecule has 0 aliphatic heterocycles. The fraction of sp³-hybridized carbons (Fsp3) is 0.286. The van der Waals surface area contributed by atoms with Gasteiger partial charge in [-0.15, -0.1) is 0 Å². The molecule has 1 aliphatic carbocycles. The number of ether oxygens (including phenoxy) is 1. The molecule has 0 fully saturated rings. The van der Waals surface area contributed by atoms with E-state index in [-0.39, 0.29) is 18.3 Å². The van der Waals surface area contributed by atoms with Gasteiger partial charge in [-0.1, -0.05) is 54.6 Å². The Morgan fingerprint density at radius 2 is 1.83 bits per heavy atom. The topological polar surface area (TPSA) is 46.5 Å². The number of hydrogen-bond acceptors (Lipinski definition) is 3. The van der Waals surface area contributed by atoms with E-state index in [4.69, 9.17) is 9.84 Å². The summed E-state index contributed by atoms with van der Waals surface area (Å²) in [6.45, 7) is 0.138. The van der Waals surface area contributed by atoms with E-state index in [1.54, 1.807) is 7.11 Å². The van der Waals surface area contributed by atoms with E-state index in [0.29, 0.717) is 19.3 Å². The molecule has 0 amide bonds. The second-order valence-corrected chi connectivity index (χ2v) is 6.13. The van der Waals surface area contributed by atoms with E-state index in [2.05, 4.69) is 6.07 Å². The third-order valence-electron chi connectivity index (χ3n) is 4.51. The molecule has 2 aromatic carbocycles. The first kappa shape index (κ1) is 16.5. The summed E-state index contributed by atoms with van der Waals surface area (Å²) in [6.07, 6.45) is 1.98. The summed E-state index contributed by atoms with van der Waals surface area (Å²) in [6, 6.07) is 17.8. The average molecular weight is 322 g/mol. The smallest absolute Gasteiger partial charge is 0.170 e. The number of ketones is 1. The molecule has 0 radical (unpaired) electrons. The standard InChI is InChI=1S/C21H22O3/c1-24-19-14-18(13-16-7-5-6-15(12-16)10-11-22)21(23)20(19)17-8-3-2-4-9-17/h2-9,12,18,22H,10-11,13-14H2,1H3. The number of aliphatic hydroxyl groups excluding tert-OH is 1. The minimum atomic E-state index is -0.0838. The van der Waals surface area contributed by atoms with Gasteiger partial charge in [0.1, 0.15) is 5.76 Å². The summed E-state index contributed by atoms with van der Waals surface area (Å²) in [4.78, 5) is 12.9.